The number of fused-ring (bicyclic) bond motifs is 1. The van der Waals surface area contributed by atoms with Crippen LogP contribution in [0.5, 0.6) is 0 Å². The van der Waals surface area contributed by atoms with Crippen molar-refractivity contribution in [3.05, 3.63) is 30.5 Å². The molecule has 4 nitrogen and oxygen atoms in total. The molecule has 0 unspecified atom stereocenters. The molecule has 0 bridgehead atoms. The van der Waals surface area contributed by atoms with Crippen molar-refractivity contribution < 1.29 is 8.42 Å². The van der Waals surface area contributed by atoms with Crippen molar-refractivity contribution >= 4 is 26.4 Å². The van der Waals surface area contributed by atoms with Gasteiger partial charge in [-0.25, -0.2) is 8.42 Å². The molecule has 0 atom stereocenters. The highest BCUT2D eigenvalue weighted by molar-refractivity contribution is 7.90. The lowest BCUT2D eigenvalue weighted by atomic mass is 10.2. The normalized spacial score (nSPS) is 11.8. The summed E-state index contributed by atoms with van der Waals surface area (Å²) in [6.45, 7) is 0. The quantitative estimate of drug-likeness (QED) is 0.787. The van der Waals surface area contributed by atoms with Gasteiger partial charge in [0.25, 0.3) is 0 Å². The molecule has 0 radical (unpaired) electrons. The van der Waals surface area contributed by atoms with Gasteiger partial charge < -0.3 is 5.73 Å². The van der Waals surface area contributed by atoms with E-state index in [0.717, 1.165) is 10.9 Å². The second kappa shape index (κ2) is 3.20. The van der Waals surface area contributed by atoms with E-state index in [4.69, 9.17) is 5.73 Å². The van der Waals surface area contributed by atoms with E-state index in [0.29, 0.717) is 5.69 Å². The van der Waals surface area contributed by atoms with Crippen molar-refractivity contribution in [3.8, 4) is 0 Å². The van der Waals surface area contributed by atoms with Gasteiger partial charge >= 0.3 is 0 Å². The fourth-order valence-corrected chi connectivity index (χ4v) is 2.01. The molecule has 2 N–H and O–H groups in total. The summed E-state index contributed by atoms with van der Waals surface area (Å²) in [5.41, 5.74) is 6.83. The van der Waals surface area contributed by atoms with E-state index in [1.165, 1.54) is 6.26 Å². The van der Waals surface area contributed by atoms with Crippen LogP contribution in [0.4, 0.5) is 5.69 Å². The van der Waals surface area contributed by atoms with Gasteiger partial charge in [-0.2, -0.15) is 0 Å². The Balaban J connectivity index is 2.75. The van der Waals surface area contributed by atoms with E-state index >= 15 is 0 Å². The molecule has 0 saturated heterocycles. The summed E-state index contributed by atoms with van der Waals surface area (Å²) < 4.78 is 22.6. The number of sulfone groups is 1. The summed E-state index contributed by atoms with van der Waals surface area (Å²) in [7, 11) is -3.18. The van der Waals surface area contributed by atoms with Gasteiger partial charge in [-0.05, 0) is 24.3 Å². The van der Waals surface area contributed by atoms with Gasteiger partial charge in [0, 0.05) is 11.6 Å². The molecule has 1 aromatic heterocycles. The van der Waals surface area contributed by atoms with Crippen molar-refractivity contribution in [3.63, 3.8) is 0 Å². The standard InChI is InChI=1S/C10H10N2O2S/c1-15(13,14)9-2-3-10-7(5-9)4-8(11)6-12-10/h2-6H,11H2,1H3. The first-order valence-electron chi connectivity index (χ1n) is 4.32. The molecule has 0 saturated carbocycles. The molecule has 0 aliphatic rings. The van der Waals surface area contributed by atoms with Crippen LogP contribution < -0.4 is 5.73 Å². The second-order valence-corrected chi connectivity index (χ2v) is 5.41. The number of rotatable bonds is 1. The summed E-state index contributed by atoms with van der Waals surface area (Å²) in [6, 6.07) is 6.50. The number of hydrogen-bond donors (Lipinski definition) is 1. The molecule has 0 amide bonds. The van der Waals surface area contributed by atoms with Crippen LogP contribution in [0.25, 0.3) is 10.9 Å². The Morgan fingerprint density at radius 2 is 2.00 bits per heavy atom. The van der Waals surface area contributed by atoms with E-state index in [1.807, 2.05) is 0 Å². The Hall–Kier alpha value is -1.62. The van der Waals surface area contributed by atoms with Crippen molar-refractivity contribution in [1.29, 1.82) is 0 Å². The molecule has 1 aromatic carbocycles. The molecule has 5 heteroatoms. The summed E-state index contributed by atoms with van der Waals surface area (Å²) >= 11 is 0. The Kier molecular flexibility index (Phi) is 2.12. The first-order valence-corrected chi connectivity index (χ1v) is 6.21. The van der Waals surface area contributed by atoms with E-state index in [1.54, 1.807) is 30.5 Å². The molecule has 0 spiro atoms. The Labute approximate surface area is 87.7 Å². The number of nitrogen functional groups attached to an aromatic ring is 1. The molecule has 0 aliphatic carbocycles. The number of nitrogens with zero attached hydrogens (tertiary/aromatic N) is 1. The molecule has 2 rings (SSSR count). The SMILES string of the molecule is CS(=O)(=O)c1ccc2ncc(N)cc2c1. The van der Waals surface area contributed by atoms with Crippen LogP contribution >= 0.6 is 0 Å². The van der Waals surface area contributed by atoms with Crippen LogP contribution in [0.15, 0.2) is 35.4 Å². The fraction of sp³-hybridized carbons (Fsp3) is 0.100. The van der Waals surface area contributed by atoms with Gasteiger partial charge in [-0.15, -0.1) is 0 Å². The van der Waals surface area contributed by atoms with Gasteiger partial charge in [0.2, 0.25) is 0 Å². The van der Waals surface area contributed by atoms with Crippen LogP contribution in [0, 0.1) is 0 Å². The average Bonchev–Trinajstić information content (AvgIpc) is 2.15. The first-order chi connectivity index (χ1) is 6.97. The number of benzene rings is 1. The van der Waals surface area contributed by atoms with E-state index < -0.39 is 9.84 Å². The number of pyridine rings is 1. The molecule has 78 valence electrons. The lowest BCUT2D eigenvalue weighted by molar-refractivity contribution is 0.602. The number of nitrogens with two attached hydrogens (primary N) is 1. The Bertz CT molecular complexity index is 620. The van der Waals surface area contributed by atoms with E-state index in [-0.39, 0.29) is 4.90 Å². The summed E-state index contributed by atoms with van der Waals surface area (Å²) in [5, 5.41) is 0.734. The highest BCUT2D eigenvalue weighted by atomic mass is 32.2. The van der Waals surface area contributed by atoms with Gasteiger partial charge in [-0.1, -0.05) is 0 Å². The zero-order valence-corrected chi connectivity index (χ0v) is 8.95. The highest BCUT2D eigenvalue weighted by Gasteiger charge is 2.07. The van der Waals surface area contributed by atoms with Crippen LogP contribution in [-0.4, -0.2) is 19.7 Å². The third-order valence-electron chi connectivity index (χ3n) is 2.10. The summed E-state index contributed by atoms with van der Waals surface area (Å²) in [6.07, 6.45) is 2.72. The minimum atomic E-state index is -3.18. The third-order valence-corrected chi connectivity index (χ3v) is 3.21. The minimum Gasteiger partial charge on any atom is -0.397 e. The maximum absolute atomic E-state index is 11.3. The van der Waals surface area contributed by atoms with Gasteiger partial charge in [0.1, 0.15) is 0 Å². The number of hydrogen-bond acceptors (Lipinski definition) is 4. The summed E-state index contributed by atoms with van der Waals surface area (Å²) in [5.74, 6) is 0. The van der Waals surface area contributed by atoms with Crippen molar-refractivity contribution in [2.45, 2.75) is 4.90 Å². The van der Waals surface area contributed by atoms with Crippen LogP contribution in [-0.2, 0) is 9.84 Å². The van der Waals surface area contributed by atoms with E-state index in [2.05, 4.69) is 4.98 Å². The maximum Gasteiger partial charge on any atom is 0.175 e. The number of anilines is 1. The predicted octanol–water partition coefficient (Wildman–Crippen LogP) is 1.22. The van der Waals surface area contributed by atoms with E-state index in [9.17, 15) is 8.42 Å². The fourth-order valence-electron chi connectivity index (χ4n) is 1.36. The lowest BCUT2D eigenvalue weighted by Crippen LogP contribution is -1.97. The van der Waals surface area contributed by atoms with Crippen LogP contribution in [0.2, 0.25) is 0 Å². The van der Waals surface area contributed by atoms with Crippen LogP contribution in [0.3, 0.4) is 0 Å². The van der Waals surface area contributed by atoms with Crippen molar-refractivity contribution in [2.75, 3.05) is 12.0 Å². The smallest absolute Gasteiger partial charge is 0.175 e. The van der Waals surface area contributed by atoms with Gasteiger partial charge in [-0.3, -0.25) is 4.98 Å². The second-order valence-electron chi connectivity index (χ2n) is 3.40. The van der Waals surface area contributed by atoms with Crippen molar-refractivity contribution in [2.24, 2.45) is 0 Å². The summed E-state index contributed by atoms with van der Waals surface area (Å²) in [4.78, 5) is 4.36. The topological polar surface area (TPSA) is 73.0 Å². The first kappa shape index (κ1) is 9.92. The Morgan fingerprint density at radius 3 is 2.67 bits per heavy atom. The monoisotopic (exact) mass is 222 g/mol. The molecular formula is C10H10N2O2S. The molecule has 2 aromatic rings. The molecule has 15 heavy (non-hydrogen) atoms. The minimum absolute atomic E-state index is 0.280. The van der Waals surface area contributed by atoms with Gasteiger partial charge in [0.05, 0.1) is 22.3 Å². The third kappa shape index (κ3) is 1.92. The largest absolute Gasteiger partial charge is 0.397 e. The predicted molar refractivity (Wildman–Crippen MR) is 59.3 cm³/mol. The zero-order chi connectivity index (χ0) is 11.1. The molecule has 0 aliphatic heterocycles. The molecular weight excluding hydrogens is 212 g/mol. The molecule has 0 fully saturated rings. The average molecular weight is 222 g/mol. The molecule has 1 heterocycles. The maximum atomic E-state index is 11.3. The van der Waals surface area contributed by atoms with Crippen molar-refractivity contribution in [1.82, 2.24) is 4.98 Å². The van der Waals surface area contributed by atoms with Gasteiger partial charge in [0.15, 0.2) is 9.84 Å². The van der Waals surface area contributed by atoms with Crippen LogP contribution in [0.1, 0.15) is 0 Å². The number of aromatic nitrogens is 1. The highest BCUT2D eigenvalue weighted by Crippen LogP contribution is 2.19. The zero-order valence-electron chi connectivity index (χ0n) is 8.14. The lowest BCUT2D eigenvalue weighted by Gasteiger charge is -2.01. The Morgan fingerprint density at radius 1 is 1.27 bits per heavy atom.